The van der Waals surface area contributed by atoms with E-state index in [4.69, 9.17) is 39.2 Å². The van der Waals surface area contributed by atoms with Crippen LogP contribution in [-0.2, 0) is 0 Å². The third-order valence-corrected chi connectivity index (χ3v) is 3.96. The van der Waals surface area contributed by atoms with Crippen molar-refractivity contribution in [3.63, 3.8) is 0 Å². The summed E-state index contributed by atoms with van der Waals surface area (Å²) in [7, 11) is 29.6. The fraction of sp³-hybridized carbons (Fsp3) is 0. The first-order valence-corrected chi connectivity index (χ1v) is 7.43. The lowest BCUT2D eigenvalue weighted by Gasteiger charge is -2.22. The Morgan fingerprint density at radius 2 is 0.958 bits per heavy atom. The molecule has 0 aliphatic rings. The molecular weight excluding hydrogens is 284 g/mol. The van der Waals surface area contributed by atoms with Crippen molar-refractivity contribution < 1.29 is 0 Å². The highest BCUT2D eigenvalue weighted by Crippen LogP contribution is 2.22. The molecule has 0 aliphatic heterocycles. The van der Waals surface area contributed by atoms with Crippen LogP contribution in [0.3, 0.4) is 0 Å². The fourth-order valence-corrected chi connectivity index (χ4v) is 2.51. The smallest absolute Gasteiger partial charge is 0.115 e. The Labute approximate surface area is 149 Å². The number of nitrogens with one attached hydrogen (secondary N) is 1. The van der Waals surface area contributed by atoms with E-state index in [-0.39, 0.29) is 27.3 Å². The van der Waals surface area contributed by atoms with E-state index >= 15 is 0 Å². The predicted octanol–water partition coefficient (Wildman–Crippen LogP) is -0.934. The maximum Gasteiger partial charge on any atom is 0.115 e. The highest BCUT2D eigenvalue weighted by Gasteiger charge is 2.10. The quantitative estimate of drug-likeness (QED) is 0.615. The van der Waals surface area contributed by atoms with Gasteiger partial charge in [0.2, 0.25) is 0 Å². The van der Waals surface area contributed by atoms with Crippen molar-refractivity contribution in [2.24, 2.45) is 0 Å². The number of rotatable bonds is 3. The molecule has 3 aromatic carbocycles. The van der Waals surface area contributed by atoms with Gasteiger partial charge in [0.25, 0.3) is 0 Å². The van der Waals surface area contributed by atoms with Crippen LogP contribution in [0.1, 0.15) is 0 Å². The molecule has 0 aliphatic carbocycles. The van der Waals surface area contributed by atoms with Gasteiger partial charge in [0, 0.05) is 11.4 Å². The van der Waals surface area contributed by atoms with Crippen LogP contribution in [0.2, 0.25) is 0 Å². The van der Waals surface area contributed by atoms with Crippen LogP contribution >= 0.6 is 0 Å². The fourth-order valence-electron chi connectivity index (χ4n) is 2.51. The Balaban J connectivity index is 1.93. The summed E-state index contributed by atoms with van der Waals surface area (Å²) in [6, 6.07) is 18.0. The summed E-state index contributed by atoms with van der Waals surface area (Å²) < 4.78 is 0. The van der Waals surface area contributed by atoms with Crippen LogP contribution < -0.4 is 32.6 Å². The van der Waals surface area contributed by atoms with E-state index in [9.17, 15) is 0 Å². The molecule has 0 spiro atoms. The van der Waals surface area contributed by atoms with Gasteiger partial charge in [-0.25, -0.2) is 0 Å². The van der Waals surface area contributed by atoms with Crippen molar-refractivity contribution in [1.82, 2.24) is 0 Å². The van der Waals surface area contributed by atoms with E-state index in [1.54, 1.807) is 0 Å². The molecule has 0 saturated carbocycles. The molecular formula is C18H10B5N. The van der Waals surface area contributed by atoms with Crippen LogP contribution in [-0.4, -0.2) is 39.2 Å². The zero-order chi connectivity index (χ0) is 17.3. The molecule has 0 bridgehead atoms. The molecule has 6 heteroatoms. The van der Waals surface area contributed by atoms with Crippen molar-refractivity contribution in [2.45, 2.75) is 0 Å². The van der Waals surface area contributed by atoms with Gasteiger partial charge in [0.1, 0.15) is 39.2 Å². The SMILES string of the molecule is [B]c1c([B])c([B])c(Nc2ccc(-c3ccccc3)cc2)c([B])c1[B]. The Kier molecular flexibility index (Phi) is 4.66. The van der Waals surface area contributed by atoms with Gasteiger partial charge >= 0.3 is 0 Å². The van der Waals surface area contributed by atoms with Gasteiger partial charge in [-0.15, -0.1) is 16.4 Å². The molecule has 102 valence electrons. The number of hydrogen-bond acceptors (Lipinski definition) is 1. The average Bonchev–Trinajstić information content (AvgIpc) is 2.63. The molecule has 24 heavy (non-hydrogen) atoms. The second kappa shape index (κ2) is 6.72. The van der Waals surface area contributed by atoms with Crippen molar-refractivity contribution in [2.75, 3.05) is 5.32 Å². The van der Waals surface area contributed by atoms with Crippen molar-refractivity contribution >= 4 is 77.9 Å². The topological polar surface area (TPSA) is 12.0 Å². The summed E-state index contributed by atoms with van der Waals surface area (Å²) in [6.07, 6.45) is 0. The van der Waals surface area contributed by atoms with Gasteiger partial charge in [-0.2, -0.15) is 0 Å². The zero-order valence-corrected chi connectivity index (χ0v) is 13.1. The van der Waals surface area contributed by atoms with E-state index in [0.717, 1.165) is 16.8 Å². The lowest BCUT2D eigenvalue weighted by atomic mass is 9.61. The molecule has 1 N–H and O–H groups in total. The minimum absolute atomic E-state index is 0.204. The Morgan fingerprint density at radius 1 is 0.500 bits per heavy atom. The third kappa shape index (κ3) is 3.06. The highest BCUT2D eigenvalue weighted by atomic mass is 14.9. The van der Waals surface area contributed by atoms with Gasteiger partial charge in [0.15, 0.2) is 0 Å². The molecule has 0 heterocycles. The van der Waals surface area contributed by atoms with Crippen molar-refractivity contribution in [3.05, 3.63) is 54.6 Å². The monoisotopic (exact) mass is 295 g/mol. The first-order valence-electron chi connectivity index (χ1n) is 7.43. The molecule has 0 unspecified atom stereocenters. The molecule has 1 nitrogen and oxygen atoms in total. The first kappa shape index (κ1) is 16.6. The molecule has 0 saturated heterocycles. The standard InChI is InChI=1S/C18H10B5N/c19-13-14(20)16(22)18(17(23)15(13)21)24-12-8-6-11(7-9-12)10-4-2-1-3-5-10/h1-9,24H. The van der Waals surface area contributed by atoms with E-state index in [1.807, 2.05) is 42.5 Å². The van der Waals surface area contributed by atoms with Crippen LogP contribution in [0.25, 0.3) is 11.1 Å². The molecule has 0 amide bonds. The molecule has 10 radical (unpaired) electrons. The Morgan fingerprint density at radius 3 is 1.50 bits per heavy atom. The first-order chi connectivity index (χ1) is 11.5. The second-order valence-electron chi connectivity index (χ2n) is 5.51. The largest absolute Gasteiger partial charge is 0.357 e. The van der Waals surface area contributed by atoms with E-state index < -0.39 is 0 Å². The highest BCUT2D eigenvalue weighted by molar-refractivity contribution is 6.68. The normalized spacial score (nSPS) is 10.5. The Hall–Kier alpha value is -2.22. The summed E-state index contributed by atoms with van der Waals surface area (Å²) in [6.45, 7) is 0. The lowest BCUT2D eigenvalue weighted by molar-refractivity contribution is 1.57. The number of hydrogen-bond donors (Lipinski definition) is 1. The van der Waals surface area contributed by atoms with Crippen LogP contribution in [0.5, 0.6) is 0 Å². The minimum atomic E-state index is 0.204. The number of benzene rings is 3. The maximum atomic E-state index is 6.02. The van der Waals surface area contributed by atoms with Gasteiger partial charge in [-0.1, -0.05) is 53.4 Å². The summed E-state index contributed by atoms with van der Waals surface area (Å²) >= 11 is 0. The summed E-state index contributed by atoms with van der Waals surface area (Å²) in [5.41, 5.74) is 4.76. The van der Waals surface area contributed by atoms with Gasteiger partial charge in [-0.3, -0.25) is 0 Å². The van der Waals surface area contributed by atoms with Gasteiger partial charge in [0.05, 0.1) is 0 Å². The third-order valence-electron chi connectivity index (χ3n) is 3.96. The maximum absolute atomic E-state index is 6.02. The minimum Gasteiger partial charge on any atom is -0.357 e. The molecule has 0 atom stereocenters. The molecule has 3 rings (SSSR count). The number of anilines is 2. The average molecular weight is 294 g/mol. The van der Waals surface area contributed by atoms with Gasteiger partial charge < -0.3 is 5.32 Å². The van der Waals surface area contributed by atoms with Crippen LogP contribution in [0.4, 0.5) is 11.4 Å². The molecule has 0 fully saturated rings. The summed E-state index contributed by atoms with van der Waals surface area (Å²) in [4.78, 5) is 0. The van der Waals surface area contributed by atoms with Crippen LogP contribution in [0, 0.1) is 0 Å². The molecule has 3 aromatic rings. The van der Waals surface area contributed by atoms with E-state index in [2.05, 4.69) is 17.4 Å². The van der Waals surface area contributed by atoms with Gasteiger partial charge in [-0.05, 0) is 23.3 Å². The van der Waals surface area contributed by atoms with E-state index in [0.29, 0.717) is 5.69 Å². The van der Waals surface area contributed by atoms with E-state index in [1.165, 1.54) is 0 Å². The summed E-state index contributed by atoms with van der Waals surface area (Å²) in [5, 5.41) is 3.16. The summed E-state index contributed by atoms with van der Waals surface area (Å²) in [5.74, 6) is 0. The Bertz CT molecular complexity index is 847. The van der Waals surface area contributed by atoms with Crippen molar-refractivity contribution in [1.29, 1.82) is 0 Å². The van der Waals surface area contributed by atoms with Crippen LogP contribution in [0.15, 0.2) is 54.6 Å². The lowest BCUT2D eigenvalue weighted by Crippen LogP contribution is -2.55. The zero-order valence-electron chi connectivity index (χ0n) is 13.1. The molecule has 0 aromatic heterocycles. The second-order valence-corrected chi connectivity index (χ2v) is 5.51. The van der Waals surface area contributed by atoms with Crippen molar-refractivity contribution in [3.8, 4) is 11.1 Å². The predicted molar refractivity (Wildman–Crippen MR) is 109 cm³/mol.